The van der Waals surface area contributed by atoms with Crippen molar-refractivity contribution in [3.63, 3.8) is 0 Å². The number of thiophene rings is 1. The molecule has 0 spiro atoms. The average Bonchev–Trinajstić information content (AvgIpc) is 3.12. The Morgan fingerprint density at radius 2 is 1.96 bits per heavy atom. The van der Waals surface area contributed by atoms with Crippen LogP contribution in [0.3, 0.4) is 0 Å². The minimum Gasteiger partial charge on any atom is -0.489 e. The van der Waals surface area contributed by atoms with E-state index < -0.39 is 10.8 Å². The number of amides is 1. The molecule has 1 amide bonds. The van der Waals surface area contributed by atoms with Crippen LogP contribution in [0.5, 0.6) is 5.75 Å². The zero-order valence-electron chi connectivity index (χ0n) is 13.6. The number of hydrogen-bond acceptors (Lipinski definition) is 5. The summed E-state index contributed by atoms with van der Waals surface area (Å²) in [5.41, 5.74) is 0.527. The number of nitro groups is 1. The number of benzene rings is 2. The number of rotatable bonds is 6. The number of nitro benzene ring substituents is 1. The van der Waals surface area contributed by atoms with Crippen molar-refractivity contribution in [2.75, 3.05) is 5.32 Å². The summed E-state index contributed by atoms with van der Waals surface area (Å²) in [6, 6.07) is 11.2. The normalized spacial score (nSPS) is 10.4. The molecule has 1 heterocycles. The van der Waals surface area contributed by atoms with E-state index in [-0.39, 0.29) is 28.8 Å². The first-order valence-electron chi connectivity index (χ1n) is 7.63. The van der Waals surface area contributed by atoms with E-state index in [1.54, 1.807) is 11.4 Å². The van der Waals surface area contributed by atoms with Gasteiger partial charge in [0, 0.05) is 16.7 Å². The fourth-order valence-electron chi connectivity index (χ4n) is 2.21. The van der Waals surface area contributed by atoms with Gasteiger partial charge in [0.25, 0.3) is 11.6 Å². The zero-order valence-corrected chi connectivity index (χ0v) is 15.2. The summed E-state index contributed by atoms with van der Waals surface area (Å²) in [5.74, 6) is -0.322. The second-order valence-corrected chi connectivity index (χ2v) is 6.78. The summed E-state index contributed by atoms with van der Waals surface area (Å²) in [6.07, 6.45) is 0. The Bertz CT molecular complexity index is 991. The van der Waals surface area contributed by atoms with Crippen molar-refractivity contribution in [3.05, 3.63) is 85.3 Å². The van der Waals surface area contributed by atoms with Gasteiger partial charge in [-0.25, -0.2) is 4.39 Å². The average molecular weight is 407 g/mol. The van der Waals surface area contributed by atoms with Crippen LogP contribution in [-0.4, -0.2) is 10.8 Å². The van der Waals surface area contributed by atoms with E-state index in [1.165, 1.54) is 53.8 Å². The second-order valence-electron chi connectivity index (χ2n) is 5.43. The molecule has 0 aliphatic carbocycles. The number of hydrogen-bond donors (Lipinski definition) is 1. The molecule has 27 heavy (non-hydrogen) atoms. The van der Waals surface area contributed by atoms with E-state index in [1.807, 2.05) is 0 Å². The predicted octanol–water partition coefficient (Wildman–Crippen LogP) is 5.28. The van der Waals surface area contributed by atoms with Crippen molar-refractivity contribution in [1.82, 2.24) is 0 Å². The molecular weight excluding hydrogens is 395 g/mol. The molecule has 3 rings (SSSR count). The van der Waals surface area contributed by atoms with Gasteiger partial charge in [0.2, 0.25) is 0 Å². The van der Waals surface area contributed by atoms with Gasteiger partial charge >= 0.3 is 0 Å². The van der Waals surface area contributed by atoms with Crippen molar-refractivity contribution < 1.29 is 18.8 Å². The molecule has 0 aliphatic heterocycles. The van der Waals surface area contributed by atoms with Gasteiger partial charge in [-0.05, 0) is 47.8 Å². The molecule has 1 aromatic heterocycles. The molecule has 2 aromatic carbocycles. The Labute approximate surface area is 162 Å². The highest BCUT2D eigenvalue weighted by atomic mass is 35.5. The summed E-state index contributed by atoms with van der Waals surface area (Å²) in [5, 5.41) is 15.6. The fourth-order valence-corrected chi connectivity index (χ4v) is 3.17. The van der Waals surface area contributed by atoms with Gasteiger partial charge in [0.05, 0.1) is 9.80 Å². The maximum atomic E-state index is 12.9. The van der Waals surface area contributed by atoms with E-state index in [0.29, 0.717) is 10.6 Å². The van der Waals surface area contributed by atoms with Crippen LogP contribution in [0.2, 0.25) is 5.02 Å². The summed E-state index contributed by atoms with van der Waals surface area (Å²) in [4.78, 5) is 23.2. The SMILES string of the molecule is O=C(Nc1ccc(Cl)cc1[N+](=O)[O-])c1cc(COc2ccc(F)cc2)cs1. The molecule has 0 radical (unpaired) electrons. The lowest BCUT2D eigenvalue weighted by Gasteiger charge is -2.05. The number of nitrogens with one attached hydrogen (secondary N) is 1. The van der Waals surface area contributed by atoms with Gasteiger partial charge in [-0.2, -0.15) is 0 Å². The van der Waals surface area contributed by atoms with E-state index in [2.05, 4.69) is 5.32 Å². The molecule has 9 heteroatoms. The van der Waals surface area contributed by atoms with Gasteiger partial charge in [-0.1, -0.05) is 11.6 Å². The van der Waals surface area contributed by atoms with E-state index in [9.17, 15) is 19.3 Å². The number of carbonyl (C=O) groups is 1. The van der Waals surface area contributed by atoms with Gasteiger partial charge in [0.15, 0.2) is 0 Å². The number of nitrogens with zero attached hydrogens (tertiary/aromatic N) is 1. The van der Waals surface area contributed by atoms with Crippen LogP contribution < -0.4 is 10.1 Å². The monoisotopic (exact) mass is 406 g/mol. The Morgan fingerprint density at radius 3 is 2.67 bits per heavy atom. The predicted molar refractivity (Wildman–Crippen MR) is 101 cm³/mol. The highest BCUT2D eigenvalue weighted by Gasteiger charge is 2.18. The van der Waals surface area contributed by atoms with Gasteiger partial charge in [0.1, 0.15) is 23.9 Å². The molecule has 0 aliphatic rings. The molecule has 0 atom stereocenters. The third kappa shape index (κ3) is 4.81. The summed E-state index contributed by atoms with van der Waals surface area (Å²) in [6.45, 7) is 0.205. The molecule has 3 aromatic rings. The number of anilines is 1. The minimum atomic E-state index is -0.613. The van der Waals surface area contributed by atoms with E-state index in [0.717, 1.165) is 5.56 Å². The highest BCUT2D eigenvalue weighted by Crippen LogP contribution is 2.29. The minimum absolute atomic E-state index is 0.0620. The lowest BCUT2D eigenvalue weighted by molar-refractivity contribution is -0.383. The van der Waals surface area contributed by atoms with E-state index in [4.69, 9.17) is 16.3 Å². The van der Waals surface area contributed by atoms with Crippen molar-refractivity contribution in [3.8, 4) is 5.75 Å². The Morgan fingerprint density at radius 1 is 1.22 bits per heavy atom. The summed E-state index contributed by atoms with van der Waals surface area (Å²) in [7, 11) is 0. The summed E-state index contributed by atoms with van der Waals surface area (Å²) < 4.78 is 18.4. The third-order valence-electron chi connectivity index (χ3n) is 3.50. The number of carbonyl (C=O) groups excluding carboxylic acids is 1. The molecule has 0 unspecified atom stereocenters. The molecule has 0 saturated heterocycles. The van der Waals surface area contributed by atoms with E-state index >= 15 is 0 Å². The summed E-state index contributed by atoms with van der Waals surface area (Å²) >= 11 is 6.95. The smallest absolute Gasteiger partial charge is 0.294 e. The van der Waals surface area contributed by atoms with Crippen molar-refractivity contribution in [2.45, 2.75) is 6.61 Å². The first-order valence-corrected chi connectivity index (χ1v) is 8.89. The zero-order chi connectivity index (χ0) is 19.4. The molecule has 0 saturated carbocycles. The first-order chi connectivity index (χ1) is 12.9. The lowest BCUT2D eigenvalue weighted by Crippen LogP contribution is -2.11. The maximum absolute atomic E-state index is 12.9. The lowest BCUT2D eigenvalue weighted by atomic mass is 10.2. The van der Waals surface area contributed by atoms with Crippen LogP contribution in [0.1, 0.15) is 15.2 Å². The highest BCUT2D eigenvalue weighted by molar-refractivity contribution is 7.12. The topological polar surface area (TPSA) is 81.5 Å². The Hall–Kier alpha value is -2.97. The van der Waals surface area contributed by atoms with Crippen LogP contribution in [0.25, 0.3) is 0 Å². The standard InChI is InChI=1S/C18H12ClFN2O4S/c19-12-1-6-15(16(8-12)22(24)25)21-18(23)17-7-11(10-27-17)9-26-14-4-2-13(20)3-5-14/h1-8,10H,9H2,(H,21,23). The Balaban J connectivity index is 1.66. The molecule has 1 N–H and O–H groups in total. The maximum Gasteiger partial charge on any atom is 0.294 e. The number of ether oxygens (including phenoxy) is 1. The van der Waals surface area contributed by atoms with Crippen LogP contribution in [0.15, 0.2) is 53.9 Å². The third-order valence-corrected chi connectivity index (χ3v) is 4.71. The van der Waals surface area contributed by atoms with Crippen molar-refractivity contribution in [2.24, 2.45) is 0 Å². The van der Waals surface area contributed by atoms with Crippen LogP contribution in [0.4, 0.5) is 15.8 Å². The van der Waals surface area contributed by atoms with Crippen molar-refractivity contribution >= 4 is 40.2 Å². The quantitative estimate of drug-likeness (QED) is 0.446. The van der Waals surface area contributed by atoms with Crippen LogP contribution in [-0.2, 0) is 6.61 Å². The second kappa shape index (κ2) is 8.15. The molecule has 138 valence electrons. The number of halogens is 2. The van der Waals surface area contributed by atoms with Gasteiger partial charge in [-0.15, -0.1) is 11.3 Å². The van der Waals surface area contributed by atoms with Crippen molar-refractivity contribution in [1.29, 1.82) is 0 Å². The first kappa shape index (κ1) is 18.8. The molecular formula is C18H12ClFN2O4S. The van der Waals surface area contributed by atoms with Crippen LogP contribution in [0, 0.1) is 15.9 Å². The molecule has 6 nitrogen and oxygen atoms in total. The molecule has 0 bridgehead atoms. The van der Waals surface area contributed by atoms with Gasteiger partial charge in [-0.3, -0.25) is 14.9 Å². The largest absolute Gasteiger partial charge is 0.489 e. The Kier molecular flexibility index (Phi) is 5.68. The van der Waals surface area contributed by atoms with Gasteiger partial charge < -0.3 is 10.1 Å². The molecule has 0 fully saturated rings. The van der Waals surface area contributed by atoms with Crippen LogP contribution >= 0.6 is 22.9 Å². The fraction of sp³-hybridized carbons (Fsp3) is 0.0556.